The van der Waals surface area contributed by atoms with Crippen molar-refractivity contribution in [3.05, 3.63) is 36.4 Å². The van der Waals surface area contributed by atoms with Crippen molar-refractivity contribution in [2.75, 3.05) is 30.4 Å². The van der Waals surface area contributed by atoms with E-state index in [-0.39, 0.29) is 5.91 Å². The van der Waals surface area contributed by atoms with Crippen molar-refractivity contribution in [1.82, 2.24) is 15.0 Å². The zero-order valence-corrected chi connectivity index (χ0v) is 16.8. The number of thiazole rings is 1. The lowest BCUT2D eigenvalue weighted by molar-refractivity contribution is 0.102. The van der Waals surface area contributed by atoms with Crippen LogP contribution in [0.25, 0.3) is 10.2 Å². The molecule has 1 aliphatic rings. The van der Waals surface area contributed by atoms with Gasteiger partial charge in [0.1, 0.15) is 17.8 Å². The Hall–Kier alpha value is -2.74. The van der Waals surface area contributed by atoms with E-state index in [9.17, 15) is 4.79 Å². The largest absolute Gasteiger partial charge is 0.494 e. The van der Waals surface area contributed by atoms with Gasteiger partial charge in [0.2, 0.25) is 0 Å². The number of amides is 1. The van der Waals surface area contributed by atoms with E-state index < -0.39 is 0 Å². The zero-order chi connectivity index (χ0) is 19.5. The van der Waals surface area contributed by atoms with Gasteiger partial charge in [0.25, 0.3) is 5.91 Å². The molecule has 0 unspecified atom stereocenters. The molecule has 7 nitrogen and oxygen atoms in total. The van der Waals surface area contributed by atoms with Crippen LogP contribution < -0.4 is 15.0 Å². The van der Waals surface area contributed by atoms with Crippen LogP contribution in [-0.2, 0) is 0 Å². The average Bonchev–Trinajstić information content (AvgIpc) is 3.16. The number of ether oxygens (including phenoxy) is 1. The second kappa shape index (κ2) is 8.10. The summed E-state index contributed by atoms with van der Waals surface area (Å²) in [4.78, 5) is 27.5. The van der Waals surface area contributed by atoms with Crippen molar-refractivity contribution in [2.45, 2.75) is 26.2 Å². The number of nitrogens with one attached hydrogen (secondary N) is 1. The van der Waals surface area contributed by atoms with E-state index in [1.807, 2.05) is 12.1 Å². The van der Waals surface area contributed by atoms with Crippen LogP contribution in [0.4, 0.5) is 10.8 Å². The molecule has 3 heterocycles. The van der Waals surface area contributed by atoms with Crippen molar-refractivity contribution < 1.29 is 9.53 Å². The molecular weight excluding hydrogens is 374 g/mol. The highest BCUT2D eigenvalue weighted by Gasteiger charge is 2.21. The summed E-state index contributed by atoms with van der Waals surface area (Å²) in [5.74, 6) is 1.11. The van der Waals surface area contributed by atoms with Crippen LogP contribution in [0.1, 0.15) is 36.7 Å². The minimum Gasteiger partial charge on any atom is -0.494 e. The first-order chi connectivity index (χ1) is 13.7. The Bertz CT molecular complexity index is 967. The smallest absolute Gasteiger partial charge is 0.274 e. The maximum absolute atomic E-state index is 12.5. The molecule has 0 saturated carbocycles. The van der Waals surface area contributed by atoms with Gasteiger partial charge >= 0.3 is 0 Å². The van der Waals surface area contributed by atoms with E-state index in [4.69, 9.17) is 9.72 Å². The highest BCUT2D eigenvalue weighted by atomic mass is 32.1. The quantitative estimate of drug-likeness (QED) is 0.702. The predicted octanol–water partition coefficient (Wildman–Crippen LogP) is 3.97. The molecule has 4 rings (SSSR count). The van der Waals surface area contributed by atoms with Gasteiger partial charge in [-0.05, 0) is 30.9 Å². The summed E-state index contributed by atoms with van der Waals surface area (Å²) in [6.07, 6.45) is 6.58. The van der Waals surface area contributed by atoms with E-state index >= 15 is 0 Å². The molecule has 0 atom stereocenters. The fraction of sp³-hybridized carbons (Fsp3) is 0.400. The number of hydrogen-bond donors (Lipinski definition) is 1. The number of rotatable bonds is 5. The molecule has 8 heteroatoms. The predicted molar refractivity (Wildman–Crippen MR) is 111 cm³/mol. The van der Waals surface area contributed by atoms with Crippen molar-refractivity contribution >= 4 is 38.3 Å². The maximum Gasteiger partial charge on any atom is 0.274 e. The summed E-state index contributed by atoms with van der Waals surface area (Å²) in [6, 6.07) is 5.38. The van der Waals surface area contributed by atoms with E-state index in [1.54, 1.807) is 30.7 Å². The fourth-order valence-corrected chi connectivity index (χ4v) is 4.53. The van der Waals surface area contributed by atoms with Crippen molar-refractivity contribution in [1.29, 1.82) is 0 Å². The van der Waals surface area contributed by atoms with Crippen molar-refractivity contribution in [2.24, 2.45) is 5.92 Å². The van der Waals surface area contributed by atoms with Gasteiger partial charge in [0, 0.05) is 25.4 Å². The van der Waals surface area contributed by atoms with Crippen molar-refractivity contribution in [3.63, 3.8) is 0 Å². The summed E-state index contributed by atoms with van der Waals surface area (Å²) in [7, 11) is 1.59. The second-order valence-electron chi connectivity index (χ2n) is 6.90. The molecule has 1 aliphatic heterocycles. The topological polar surface area (TPSA) is 80.2 Å². The number of carbonyl (C=O) groups excluding carboxylic acids is 1. The summed E-state index contributed by atoms with van der Waals surface area (Å²) in [5, 5.41) is 3.92. The van der Waals surface area contributed by atoms with Gasteiger partial charge in [-0.2, -0.15) is 0 Å². The standard InChI is InChI=1S/C20H23N5O2S/c1-3-13-5-8-25(9-6-13)20-24-16-10-17(27-2)15(11-18(16)28-20)23-19(26)14-4-7-21-12-22-14/h4,7,10-13H,3,5-6,8-9H2,1-2H3,(H,23,26). The van der Waals surface area contributed by atoms with Crippen LogP contribution in [0.15, 0.2) is 30.7 Å². The molecule has 1 amide bonds. The van der Waals surface area contributed by atoms with Gasteiger partial charge in [-0.15, -0.1) is 0 Å². The Kier molecular flexibility index (Phi) is 5.38. The molecule has 0 bridgehead atoms. The SMILES string of the molecule is CCC1CCN(c2nc3cc(OC)c(NC(=O)c4ccncn4)cc3s2)CC1. The molecule has 1 fully saturated rings. The van der Waals surface area contributed by atoms with Crippen LogP contribution in [0.2, 0.25) is 0 Å². The Morgan fingerprint density at radius 3 is 2.86 bits per heavy atom. The number of hydrogen-bond acceptors (Lipinski definition) is 7. The number of anilines is 2. The first-order valence-electron chi connectivity index (χ1n) is 9.48. The maximum atomic E-state index is 12.5. The van der Waals surface area contributed by atoms with E-state index in [0.717, 1.165) is 34.4 Å². The first kappa shape index (κ1) is 18.6. The molecule has 0 spiro atoms. The summed E-state index contributed by atoms with van der Waals surface area (Å²) < 4.78 is 6.50. The van der Waals surface area contributed by atoms with Crippen LogP contribution in [0.3, 0.4) is 0 Å². The third-order valence-electron chi connectivity index (χ3n) is 5.22. The lowest BCUT2D eigenvalue weighted by Crippen LogP contribution is -2.33. The number of aromatic nitrogens is 3. The number of fused-ring (bicyclic) bond motifs is 1. The molecular formula is C20H23N5O2S. The Morgan fingerprint density at radius 1 is 1.36 bits per heavy atom. The normalized spacial score (nSPS) is 15.0. The van der Waals surface area contributed by atoms with Crippen LogP contribution in [0, 0.1) is 5.92 Å². The second-order valence-corrected chi connectivity index (χ2v) is 7.91. The molecule has 28 heavy (non-hydrogen) atoms. The Balaban J connectivity index is 1.59. The summed E-state index contributed by atoms with van der Waals surface area (Å²) in [5.41, 5.74) is 1.80. The molecule has 146 valence electrons. The monoisotopic (exact) mass is 397 g/mol. The minimum absolute atomic E-state index is 0.300. The van der Waals surface area contributed by atoms with E-state index in [0.29, 0.717) is 17.1 Å². The lowest BCUT2D eigenvalue weighted by Gasteiger charge is -2.31. The van der Waals surface area contributed by atoms with Gasteiger partial charge in [0.15, 0.2) is 5.13 Å². The van der Waals surface area contributed by atoms with Gasteiger partial charge in [-0.25, -0.2) is 15.0 Å². The van der Waals surface area contributed by atoms with Gasteiger partial charge in [-0.3, -0.25) is 4.79 Å². The Morgan fingerprint density at radius 2 is 2.18 bits per heavy atom. The van der Waals surface area contributed by atoms with Crippen LogP contribution in [0.5, 0.6) is 5.75 Å². The van der Waals surface area contributed by atoms with Gasteiger partial charge in [0.05, 0.1) is 23.0 Å². The number of carbonyl (C=O) groups is 1. The molecule has 0 radical (unpaired) electrons. The number of benzene rings is 1. The number of piperidine rings is 1. The minimum atomic E-state index is -0.300. The first-order valence-corrected chi connectivity index (χ1v) is 10.3. The highest BCUT2D eigenvalue weighted by molar-refractivity contribution is 7.22. The average molecular weight is 398 g/mol. The van der Waals surface area contributed by atoms with Crippen LogP contribution >= 0.6 is 11.3 Å². The molecule has 1 aromatic carbocycles. The van der Waals surface area contributed by atoms with Crippen molar-refractivity contribution in [3.8, 4) is 5.75 Å². The highest BCUT2D eigenvalue weighted by Crippen LogP contribution is 2.37. The Labute approximate surface area is 167 Å². The zero-order valence-electron chi connectivity index (χ0n) is 16.0. The third-order valence-corrected chi connectivity index (χ3v) is 6.30. The van der Waals surface area contributed by atoms with E-state index in [2.05, 4.69) is 27.1 Å². The molecule has 1 N–H and O–H groups in total. The number of nitrogens with zero attached hydrogens (tertiary/aromatic N) is 4. The molecule has 1 saturated heterocycles. The summed E-state index contributed by atoms with van der Waals surface area (Å²) >= 11 is 1.65. The summed E-state index contributed by atoms with van der Waals surface area (Å²) in [6.45, 7) is 4.36. The lowest BCUT2D eigenvalue weighted by atomic mass is 9.95. The molecule has 0 aliphatic carbocycles. The number of methoxy groups -OCH3 is 1. The van der Waals surface area contributed by atoms with Gasteiger partial charge < -0.3 is 15.0 Å². The van der Waals surface area contributed by atoms with Crippen LogP contribution in [-0.4, -0.2) is 41.1 Å². The third kappa shape index (κ3) is 3.77. The van der Waals surface area contributed by atoms with E-state index in [1.165, 1.54) is 25.6 Å². The molecule has 2 aromatic heterocycles. The molecule has 3 aromatic rings. The fourth-order valence-electron chi connectivity index (χ4n) is 3.49. The van der Waals surface area contributed by atoms with Gasteiger partial charge in [-0.1, -0.05) is 24.7 Å².